The second-order valence-electron chi connectivity index (χ2n) is 3.58. The van der Waals surface area contributed by atoms with Crippen LogP contribution in [0.1, 0.15) is 10.4 Å². The molecule has 1 amide bonds. The quantitative estimate of drug-likeness (QED) is 0.660. The van der Waals surface area contributed by atoms with E-state index in [-0.39, 0.29) is 11.3 Å². The van der Waals surface area contributed by atoms with Gasteiger partial charge in [-0.2, -0.15) is 4.53 Å². The number of carbonyl (C=O) groups is 1. The van der Waals surface area contributed by atoms with E-state index in [2.05, 4.69) is 5.43 Å². The Bertz CT molecular complexity index is 546. The van der Waals surface area contributed by atoms with Crippen LogP contribution in [0.2, 0.25) is 0 Å². The molecule has 18 heavy (non-hydrogen) atoms. The SMILES string of the molecule is O=C(c1ccccc1O)N(Cl)Nc1ccccc1. The lowest BCUT2D eigenvalue weighted by Crippen LogP contribution is -2.27. The van der Waals surface area contributed by atoms with Gasteiger partial charge in [0.1, 0.15) is 5.75 Å². The highest BCUT2D eigenvalue weighted by Crippen LogP contribution is 2.19. The first-order valence-corrected chi connectivity index (χ1v) is 5.62. The molecular weight excluding hydrogens is 252 g/mol. The second kappa shape index (κ2) is 5.42. The molecule has 0 aliphatic rings. The lowest BCUT2D eigenvalue weighted by atomic mass is 10.2. The van der Waals surface area contributed by atoms with E-state index in [0.717, 1.165) is 4.53 Å². The molecule has 0 heterocycles. The first-order chi connectivity index (χ1) is 8.68. The van der Waals surface area contributed by atoms with Crippen LogP contribution >= 0.6 is 11.8 Å². The number of hydrazine groups is 1. The fourth-order valence-electron chi connectivity index (χ4n) is 1.44. The molecule has 0 saturated carbocycles. The zero-order chi connectivity index (χ0) is 13.0. The number of para-hydroxylation sites is 2. The molecule has 0 radical (unpaired) electrons. The maximum atomic E-state index is 11.9. The third kappa shape index (κ3) is 2.73. The molecule has 0 atom stereocenters. The summed E-state index contributed by atoms with van der Waals surface area (Å²) in [5.41, 5.74) is 3.52. The van der Waals surface area contributed by atoms with Crippen LogP contribution in [0.3, 0.4) is 0 Å². The first-order valence-electron chi connectivity index (χ1n) is 5.28. The van der Waals surface area contributed by atoms with Crippen molar-refractivity contribution in [1.29, 1.82) is 0 Å². The lowest BCUT2D eigenvalue weighted by Gasteiger charge is -2.16. The van der Waals surface area contributed by atoms with E-state index >= 15 is 0 Å². The zero-order valence-electron chi connectivity index (χ0n) is 9.38. The van der Waals surface area contributed by atoms with Crippen molar-refractivity contribution in [3.63, 3.8) is 0 Å². The minimum atomic E-state index is -0.529. The molecule has 0 aliphatic heterocycles. The average molecular weight is 263 g/mol. The van der Waals surface area contributed by atoms with Gasteiger partial charge in [-0.25, -0.2) is 0 Å². The number of nitrogens with one attached hydrogen (secondary N) is 1. The summed E-state index contributed by atoms with van der Waals surface area (Å²) >= 11 is 5.83. The number of halogens is 1. The standard InChI is InChI=1S/C13H11ClN2O2/c14-16(15-10-6-2-1-3-7-10)13(18)11-8-4-5-9-12(11)17/h1-9,15,17H. The molecule has 0 aromatic heterocycles. The number of phenols is 1. The van der Waals surface area contributed by atoms with Gasteiger partial charge in [-0.1, -0.05) is 30.3 Å². The van der Waals surface area contributed by atoms with Crippen molar-refractivity contribution in [3.05, 3.63) is 60.2 Å². The Balaban J connectivity index is 2.13. The monoisotopic (exact) mass is 262 g/mol. The van der Waals surface area contributed by atoms with Crippen LogP contribution in [-0.4, -0.2) is 15.5 Å². The molecule has 92 valence electrons. The molecular formula is C13H11ClN2O2. The van der Waals surface area contributed by atoms with Gasteiger partial charge in [-0.3, -0.25) is 10.2 Å². The third-order valence-corrected chi connectivity index (χ3v) is 2.55. The first kappa shape index (κ1) is 12.3. The number of nitrogens with zero attached hydrogens (tertiary/aromatic N) is 1. The smallest absolute Gasteiger partial charge is 0.291 e. The molecule has 0 fully saturated rings. The molecule has 0 aliphatic carbocycles. The molecule has 0 saturated heterocycles. The van der Waals surface area contributed by atoms with Crippen molar-refractivity contribution in [3.8, 4) is 5.75 Å². The van der Waals surface area contributed by atoms with Crippen LogP contribution in [0, 0.1) is 0 Å². The van der Waals surface area contributed by atoms with Crippen LogP contribution < -0.4 is 5.43 Å². The zero-order valence-corrected chi connectivity index (χ0v) is 10.1. The Kier molecular flexibility index (Phi) is 3.69. The summed E-state index contributed by atoms with van der Waals surface area (Å²) in [5, 5.41) is 9.56. The molecule has 2 aromatic carbocycles. The van der Waals surface area contributed by atoms with Crippen molar-refractivity contribution >= 4 is 23.4 Å². The van der Waals surface area contributed by atoms with E-state index in [0.29, 0.717) is 5.69 Å². The van der Waals surface area contributed by atoms with Gasteiger partial charge in [0.2, 0.25) is 0 Å². The number of benzene rings is 2. The van der Waals surface area contributed by atoms with Gasteiger partial charge in [-0.15, -0.1) is 0 Å². The van der Waals surface area contributed by atoms with E-state index in [1.807, 2.05) is 18.2 Å². The van der Waals surface area contributed by atoms with Gasteiger partial charge >= 0.3 is 0 Å². The highest BCUT2D eigenvalue weighted by Gasteiger charge is 2.17. The van der Waals surface area contributed by atoms with Crippen LogP contribution in [0.5, 0.6) is 5.75 Å². The summed E-state index contributed by atoms with van der Waals surface area (Å²) in [6.45, 7) is 0. The van der Waals surface area contributed by atoms with E-state index in [1.54, 1.807) is 24.3 Å². The summed E-state index contributed by atoms with van der Waals surface area (Å²) in [7, 11) is 0. The van der Waals surface area contributed by atoms with Crippen LogP contribution in [0.4, 0.5) is 5.69 Å². The van der Waals surface area contributed by atoms with Gasteiger partial charge in [0.25, 0.3) is 5.91 Å². The van der Waals surface area contributed by atoms with Gasteiger partial charge < -0.3 is 5.11 Å². The van der Waals surface area contributed by atoms with Gasteiger partial charge in [0.05, 0.1) is 11.3 Å². The number of carbonyl (C=O) groups excluding carboxylic acids is 1. The fourth-order valence-corrected chi connectivity index (χ4v) is 1.63. The molecule has 5 heteroatoms. The molecule has 4 nitrogen and oxygen atoms in total. The molecule has 2 rings (SSSR count). The second-order valence-corrected chi connectivity index (χ2v) is 3.92. The van der Waals surface area contributed by atoms with Crippen molar-refractivity contribution in [1.82, 2.24) is 4.53 Å². The van der Waals surface area contributed by atoms with Gasteiger partial charge in [0, 0.05) is 11.8 Å². The van der Waals surface area contributed by atoms with Gasteiger partial charge in [0.15, 0.2) is 0 Å². The van der Waals surface area contributed by atoms with Crippen molar-refractivity contribution < 1.29 is 9.90 Å². The minimum absolute atomic E-state index is 0.108. The maximum absolute atomic E-state index is 11.9. The Morgan fingerprint density at radius 3 is 2.33 bits per heavy atom. The van der Waals surface area contributed by atoms with Gasteiger partial charge in [-0.05, 0) is 24.3 Å². The third-order valence-electron chi connectivity index (χ3n) is 2.31. The van der Waals surface area contributed by atoms with Crippen molar-refractivity contribution in [2.75, 3.05) is 5.43 Å². The Morgan fingerprint density at radius 1 is 1.06 bits per heavy atom. The summed E-state index contributed by atoms with van der Waals surface area (Å²) in [6, 6.07) is 15.3. The van der Waals surface area contributed by atoms with E-state index in [4.69, 9.17) is 11.8 Å². The highest BCUT2D eigenvalue weighted by atomic mass is 35.5. The number of hydrogen-bond acceptors (Lipinski definition) is 3. The van der Waals surface area contributed by atoms with E-state index in [9.17, 15) is 9.90 Å². The number of phenolic OH excluding ortho intramolecular Hbond substituents is 1. The van der Waals surface area contributed by atoms with Crippen molar-refractivity contribution in [2.45, 2.75) is 0 Å². The predicted molar refractivity (Wildman–Crippen MR) is 70.2 cm³/mol. The number of aromatic hydroxyl groups is 1. The predicted octanol–water partition coefficient (Wildman–Crippen LogP) is 3.02. The van der Waals surface area contributed by atoms with E-state index in [1.165, 1.54) is 12.1 Å². The van der Waals surface area contributed by atoms with Crippen LogP contribution in [0.15, 0.2) is 54.6 Å². The minimum Gasteiger partial charge on any atom is -0.507 e. The lowest BCUT2D eigenvalue weighted by molar-refractivity contribution is 0.0881. The Hall–Kier alpha value is -2.20. The Morgan fingerprint density at radius 2 is 1.67 bits per heavy atom. The highest BCUT2D eigenvalue weighted by molar-refractivity contribution is 6.25. The van der Waals surface area contributed by atoms with E-state index < -0.39 is 5.91 Å². The molecule has 2 aromatic rings. The van der Waals surface area contributed by atoms with Crippen LogP contribution in [0.25, 0.3) is 0 Å². The number of amides is 1. The number of hydrogen-bond donors (Lipinski definition) is 2. The molecule has 0 unspecified atom stereocenters. The molecule has 2 N–H and O–H groups in total. The molecule has 0 bridgehead atoms. The summed E-state index contributed by atoms with van der Waals surface area (Å²) < 4.78 is 0.810. The average Bonchev–Trinajstić information content (AvgIpc) is 2.39. The maximum Gasteiger partial charge on any atom is 0.291 e. The largest absolute Gasteiger partial charge is 0.507 e. The molecule has 0 spiro atoms. The summed E-state index contributed by atoms with van der Waals surface area (Å²) in [5.74, 6) is -0.637. The Labute approximate surface area is 110 Å². The van der Waals surface area contributed by atoms with Crippen LogP contribution in [-0.2, 0) is 0 Å². The topological polar surface area (TPSA) is 52.6 Å². The van der Waals surface area contributed by atoms with Crippen molar-refractivity contribution in [2.24, 2.45) is 0 Å². The number of rotatable bonds is 3. The summed E-state index contributed by atoms with van der Waals surface area (Å²) in [6.07, 6.45) is 0. The normalized spacial score (nSPS) is 9.83. The number of anilines is 1. The summed E-state index contributed by atoms with van der Waals surface area (Å²) in [4.78, 5) is 11.9. The fraction of sp³-hybridized carbons (Fsp3) is 0.